The first-order valence-electron chi connectivity index (χ1n) is 10.2. The number of rotatable bonds is 2. The molecule has 2 aliphatic heterocycles. The van der Waals surface area contributed by atoms with Crippen molar-refractivity contribution in [3.05, 3.63) is 63.4 Å². The Balaban J connectivity index is 1.78. The van der Waals surface area contributed by atoms with Crippen LogP contribution >= 0.6 is 15.9 Å². The third-order valence-corrected chi connectivity index (χ3v) is 6.71. The number of anilines is 2. The number of nitrogens with zero attached hydrogens (tertiary/aromatic N) is 2. The van der Waals surface area contributed by atoms with Crippen molar-refractivity contribution in [2.75, 3.05) is 16.8 Å². The molecule has 0 aromatic heterocycles. The van der Waals surface area contributed by atoms with E-state index >= 15 is 4.39 Å². The summed E-state index contributed by atoms with van der Waals surface area (Å²) in [5, 5.41) is 2.17. The fourth-order valence-electron chi connectivity index (χ4n) is 4.38. The molecule has 4 amide bonds. The number of carbonyl (C=O) groups is 3. The number of hydrogen-bond acceptors (Lipinski definition) is 4. The number of benzene rings is 2. The molecule has 2 heterocycles. The lowest BCUT2D eigenvalue weighted by atomic mass is 9.80. The molecule has 1 unspecified atom stereocenters. The maximum absolute atomic E-state index is 15.1. The zero-order valence-electron chi connectivity index (χ0n) is 18.2. The fourth-order valence-corrected chi connectivity index (χ4v) is 4.76. The topological polar surface area (TPSA) is 69.7 Å². The van der Waals surface area contributed by atoms with Gasteiger partial charge >= 0.3 is 6.03 Å². The van der Waals surface area contributed by atoms with Crippen LogP contribution in [0, 0.1) is 5.82 Å². The second kappa shape index (κ2) is 7.85. The summed E-state index contributed by atoms with van der Waals surface area (Å²) in [6, 6.07) is 8.87. The van der Waals surface area contributed by atoms with E-state index in [1.54, 1.807) is 30.3 Å². The summed E-state index contributed by atoms with van der Waals surface area (Å²) < 4.78 is 15.8. The standard InChI is InChI=1S/C24H23BrFN3O3/c1-13-12-24(2,3)28(4)20-11-19(26)14(8-17(13)20)9-18-21(30)27-23(32)29(22(18)31)16-7-5-6-15(25)10-16/h5-11,13H,12H2,1-4H3,(H,27,30,32)/b18-9-. The number of imide groups is 2. The van der Waals surface area contributed by atoms with Crippen molar-refractivity contribution in [2.24, 2.45) is 0 Å². The molecule has 8 heteroatoms. The molecule has 1 saturated heterocycles. The Morgan fingerprint density at radius 2 is 1.91 bits per heavy atom. The van der Waals surface area contributed by atoms with Gasteiger partial charge in [0.25, 0.3) is 11.8 Å². The average molecular weight is 500 g/mol. The largest absolute Gasteiger partial charge is 0.369 e. The number of hydrogen-bond donors (Lipinski definition) is 1. The Morgan fingerprint density at radius 1 is 1.19 bits per heavy atom. The summed E-state index contributed by atoms with van der Waals surface area (Å²) in [6.45, 7) is 6.30. The van der Waals surface area contributed by atoms with Gasteiger partial charge in [-0.1, -0.05) is 28.9 Å². The maximum atomic E-state index is 15.1. The van der Waals surface area contributed by atoms with Gasteiger partial charge in [0.05, 0.1) is 5.69 Å². The summed E-state index contributed by atoms with van der Waals surface area (Å²) in [5.74, 6) is -2.03. The smallest absolute Gasteiger partial charge is 0.335 e. The van der Waals surface area contributed by atoms with Crippen LogP contribution in [0.3, 0.4) is 0 Å². The van der Waals surface area contributed by atoms with Crippen LogP contribution in [0.4, 0.5) is 20.6 Å². The molecule has 0 aliphatic carbocycles. The molecule has 2 aliphatic rings. The van der Waals surface area contributed by atoms with E-state index in [9.17, 15) is 14.4 Å². The van der Waals surface area contributed by atoms with E-state index in [-0.39, 0.29) is 22.6 Å². The molecule has 1 N–H and O–H groups in total. The Morgan fingerprint density at radius 3 is 2.59 bits per heavy atom. The van der Waals surface area contributed by atoms with Crippen molar-refractivity contribution in [3.63, 3.8) is 0 Å². The van der Waals surface area contributed by atoms with Crippen LogP contribution in [-0.2, 0) is 9.59 Å². The highest BCUT2D eigenvalue weighted by Gasteiger charge is 2.38. The Kier molecular flexibility index (Phi) is 5.45. The van der Waals surface area contributed by atoms with Crippen molar-refractivity contribution in [2.45, 2.75) is 38.6 Å². The number of carbonyl (C=O) groups excluding carboxylic acids is 3. The van der Waals surface area contributed by atoms with Gasteiger partial charge in [0.15, 0.2) is 0 Å². The molecule has 4 rings (SSSR count). The van der Waals surface area contributed by atoms with Crippen molar-refractivity contribution in [1.29, 1.82) is 0 Å². The van der Waals surface area contributed by atoms with E-state index < -0.39 is 23.7 Å². The first kappa shape index (κ1) is 22.2. The average Bonchev–Trinajstić information content (AvgIpc) is 2.69. The minimum absolute atomic E-state index is 0.122. The fraction of sp³-hybridized carbons (Fsp3) is 0.292. The molecule has 0 spiro atoms. The van der Waals surface area contributed by atoms with Gasteiger partial charge in [-0.15, -0.1) is 0 Å². The number of barbiturate groups is 1. The SMILES string of the molecule is CC1CC(C)(C)N(C)c2cc(F)c(/C=C3/C(=O)NC(=O)N(c4cccc(Br)c4)C3=O)cc21. The van der Waals surface area contributed by atoms with E-state index in [1.807, 2.05) is 7.05 Å². The quantitative estimate of drug-likeness (QED) is 0.467. The highest BCUT2D eigenvalue weighted by atomic mass is 79.9. The number of urea groups is 1. The minimum Gasteiger partial charge on any atom is -0.369 e. The normalized spacial score (nSPS) is 21.6. The molecular weight excluding hydrogens is 477 g/mol. The summed E-state index contributed by atoms with van der Waals surface area (Å²) in [7, 11) is 1.93. The van der Waals surface area contributed by atoms with Crippen LogP contribution in [0.25, 0.3) is 6.08 Å². The first-order valence-corrected chi connectivity index (χ1v) is 11.0. The Bertz CT molecular complexity index is 1190. The molecule has 2 aromatic carbocycles. The molecule has 6 nitrogen and oxygen atoms in total. The number of fused-ring (bicyclic) bond motifs is 1. The number of halogens is 2. The molecule has 2 aromatic rings. The summed E-state index contributed by atoms with van der Waals surface area (Å²) in [5.41, 5.74) is 1.74. The van der Waals surface area contributed by atoms with E-state index in [2.05, 4.69) is 46.9 Å². The van der Waals surface area contributed by atoms with Crippen molar-refractivity contribution < 1.29 is 18.8 Å². The van der Waals surface area contributed by atoms with Gasteiger partial charge in [-0.3, -0.25) is 14.9 Å². The second-order valence-corrected chi connectivity index (χ2v) is 9.76. The van der Waals surface area contributed by atoms with Crippen molar-refractivity contribution in [1.82, 2.24) is 5.32 Å². The highest BCUT2D eigenvalue weighted by molar-refractivity contribution is 9.10. The third kappa shape index (κ3) is 3.72. The molecule has 32 heavy (non-hydrogen) atoms. The summed E-state index contributed by atoms with van der Waals surface area (Å²) >= 11 is 3.31. The molecule has 0 radical (unpaired) electrons. The Labute approximate surface area is 194 Å². The highest BCUT2D eigenvalue weighted by Crippen LogP contribution is 2.43. The van der Waals surface area contributed by atoms with E-state index in [4.69, 9.17) is 0 Å². The molecule has 166 valence electrons. The van der Waals surface area contributed by atoms with E-state index in [0.29, 0.717) is 10.2 Å². The lowest BCUT2D eigenvalue weighted by Crippen LogP contribution is -2.54. The molecule has 1 atom stereocenters. The zero-order chi connectivity index (χ0) is 23.4. The summed E-state index contributed by atoms with van der Waals surface area (Å²) in [4.78, 5) is 40.9. The first-order chi connectivity index (χ1) is 15.0. The second-order valence-electron chi connectivity index (χ2n) is 8.85. The van der Waals surface area contributed by atoms with Gasteiger partial charge < -0.3 is 4.90 Å². The van der Waals surface area contributed by atoms with E-state index in [0.717, 1.165) is 22.6 Å². The van der Waals surface area contributed by atoms with Crippen LogP contribution in [0.2, 0.25) is 0 Å². The van der Waals surface area contributed by atoms with Gasteiger partial charge in [-0.05, 0) is 68.2 Å². The zero-order valence-corrected chi connectivity index (χ0v) is 19.8. The van der Waals surface area contributed by atoms with Crippen LogP contribution in [0.1, 0.15) is 44.2 Å². The monoisotopic (exact) mass is 499 g/mol. The third-order valence-electron chi connectivity index (χ3n) is 6.22. The van der Waals surface area contributed by atoms with Crippen LogP contribution in [0.5, 0.6) is 0 Å². The minimum atomic E-state index is -0.852. The molecule has 0 bridgehead atoms. The van der Waals surface area contributed by atoms with Gasteiger partial charge in [0.2, 0.25) is 0 Å². The van der Waals surface area contributed by atoms with Crippen molar-refractivity contribution >= 4 is 51.2 Å². The van der Waals surface area contributed by atoms with Gasteiger partial charge in [-0.2, -0.15) is 0 Å². The Hall–Kier alpha value is -3.00. The van der Waals surface area contributed by atoms with Crippen molar-refractivity contribution in [3.8, 4) is 0 Å². The van der Waals surface area contributed by atoms with Crippen LogP contribution in [-0.4, -0.2) is 30.4 Å². The lowest BCUT2D eigenvalue weighted by Gasteiger charge is -2.45. The van der Waals surface area contributed by atoms with Gasteiger partial charge in [0, 0.05) is 28.3 Å². The predicted octanol–water partition coefficient (Wildman–Crippen LogP) is 4.98. The van der Waals surface area contributed by atoms with Gasteiger partial charge in [-0.25, -0.2) is 14.1 Å². The predicted molar refractivity (Wildman–Crippen MR) is 125 cm³/mol. The molecule has 0 saturated carbocycles. The molecule has 1 fully saturated rings. The number of amides is 4. The lowest BCUT2D eigenvalue weighted by molar-refractivity contribution is -0.122. The van der Waals surface area contributed by atoms with Gasteiger partial charge in [0.1, 0.15) is 11.4 Å². The van der Waals surface area contributed by atoms with E-state index in [1.165, 1.54) is 12.1 Å². The molecular formula is C24H23BrFN3O3. The van der Waals surface area contributed by atoms with Crippen LogP contribution in [0.15, 0.2) is 46.4 Å². The maximum Gasteiger partial charge on any atom is 0.335 e. The van der Waals surface area contributed by atoms with Crippen LogP contribution < -0.4 is 15.1 Å². The summed E-state index contributed by atoms with van der Waals surface area (Å²) in [6.07, 6.45) is 2.10. The number of nitrogens with one attached hydrogen (secondary N) is 1.